The zero-order valence-electron chi connectivity index (χ0n) is 21.5. The molecule has 3 heterocycles. The molecule has 1 atom stereocenters. The number of anilines is 1. The monoisotopic (exact) mass is 469 g/mol. The maximum Gasteiger partial charge on any atom is 0.152 e. The molecule has 0 bridgehead atoms. The maximum atomic E-state index is 6.90. The minimum absolute atomic E-state index is 0.463. The van der Waals surface area contributed by atoms with Crippen LogP contribution in [0.1, 0.15) is 55.8 Å². The van der Waals surface area contributed by atoms with Gasteiger partial charge in [-0.05, 0) is 58.9 Å². The molecular weight excluding hydrogens is 434 g/mol. The van der Waals surface area contributed by atoms with Gasteiger partial charge in [0.25, 0.3) is 0 Å². The van der Waals surface area contributed by atoms with Crippen molar-refractivity contribution in [2.45, 2.75) is 53.4 Å². The van der Waals surface area contributed by atoms with Gasteiger partial charge in [-0.1, -0.05) is 24.3 Å². The average molecular weight is 470 g/mol. The van der Waals surface area contributed by atoms with Crippen molar-refractivity contribution in [1.29, 1.82) is 0 Å². The van der Waals surface area contributed by atoms with E-state index < -0.39 is 5.60 Å². The lowest BCUT2D eigenvalue weighted by Gasteiger charge is -2.33. The molecule has 0 aliphatic carbocycles. The molecule has 5 nitrogen and oxygen atoms in total. The topological polar surface area (TPSA) is 39.5 Å². The van der Waals surface area contributed by atoms with Gasteiger partial charge in [0.1, 0.15) is 5.75 Å². The van der Waals surface area contributed by atoms with Crippen LogP contribution < -0.4 is 9.64 Å². The lowest BCUT2D eigenvalue weighted by atomic mass is 9.78. The van der Waals surface area contributed by atoms with Crippen LogP contribution in [0, 0.1) is 6.92 Å². The lowest BCUT2D eigenvalue weighted by Crippen LogP contribution is -2.31. The first-order valence-electron chi connectivity index (χ1n) is 12.8. The Morgan fingerprint density at radius 3 is 2.54 bits per heavy atom. The molecule has 35 heavy (non-hydrogen) atoms. The van der Waals surface area contributed by atoms with Gasteiger partial charge < -0.3 is 18.9 Å². The van der Waals surface area contributed by atoms with E-state index in [-0.39, 0.29) is 0 Å². The Hall–Kier alpha value is -3.31. The Kier molecular flexibility index (Phi) is 6.28. The largest absolute Gasteiger partial charge is 0.493 e. The molecule has 0 N–H and O–H groups in total. The Balaban J connectivity index is 1.87. The molecule has 0 amide bonds. The van der Waals surface area contributed by atoms with Crippen LogP contribution in [-0.2, 0) is 23.5 Å². The minimum Gasteiger partial charge on any atom is -0.493 e. The van der Waals surface area contributed by atoms with Crippen LogP contribution in [0.15, 0.2) is 60.8 Å². The molecular formula is C30H35N3O2. The molecule has 2 aromatic heterocycles. The summed E-state index contributed by atoms with van der Waals surface area (Å²) in [5, 5.41) is 1.21. The second-order valence-corrected chi connectivity index (χ2v) is 8.98. The molecule has 5 rings (SSSR count). The second kappa shape index (κ2) is 9.38. The molecule has 4 aromatic rings. The quantitative estimate of drug-likeness (QED) is 0.298. The van der Waals surface area contributed by atoms with E-state index in [1.165, 1.54) is 22.2 Å². The highest BCUT2D eigenvalue weighted by atomic mass is 16.5. The molecule has 1 aliphatic heterocycles. The van der Waals surface area contributed by atoms with Crippen LogP contribution in [0.3, 0.4) is 0 Å². The lowest BCUT2D eigenvalue weighted by molar-refractivity contribution is 0.0246. The molecule has 1 unspecified atom stereocenters. The summed E-state index contributed by atoms with van der Waals surface area (Å²) in [5.74, 6) is 0.862. The SMILES string of the molecule is CCOc1cc(N(CC)CC)ccc1C1(c2c(C)n(CC)c3ccccc23)OCc2ncccc21. The van der Waals surface area contributed by atoms with E-state index in [0.717, 1.165) is 47.9 Å². The third-order valence-electron chi connectivity index (χ3n) is 7.37. The van der Waals surface area contributed by atoms with Gasteiger partial charge in [-0.15, -0.1) is 0 Å². The van der Waals surface area contributed by atoms with Crippen LogP contribution in [0.4, 0.5) is 5.69 Å². The fourth-order valence-corrected chi connectivity index (χ4v) is 5.84. The molecule has 0 fully saturated rings. The number of hydrogen-bond donors (Lipinski definition) is 0. The van der Waals surface area contributed by atoms with E-state index in [9.17, 15) is 0 Å². The summed E-state index contributed by atoms with van der Waals surface area (Å²) in [6.45, 7) is 14.6. The highest BCUT2D eigenvalue weighted by molar-refractivity contribution is 5.88. The van der Waals surface area contributed by atoms with Crippen LogP contribution in [0.5, 0.6) is 5.75 Å². The van der Waals surface area contributed by atoms with Gasteiger partial charge in [0.15, 0.2) is 5.60 Å². The number of ether oxygens (including phenoxy) is 2. The van der Waals surface area contributed by atoms with Crippen molar-refractivity contribution < 1.29 is 9.47 Å². The summed E-state index contributed by atoms with van der Waals surface area (Å²) in [5.41, 5.74) is 7.08. The number of rotatable bonds is 8. The van der Waals surface area contributed by atoms with E-state index in [4.69, 9.17) is 14.5 Å². The van der Waals surface area contributed by atoms with Crippen molar-refractivity contribution in [2.75, 3.05) is 24.6 Å². The predicted molar refractivity (Wildman–Crippen MR) is 142 cm³/mol. The van der Waals surface area contributed by atoms with Gasteiger partial charge >= 0.3 is 0 Å². The molecule has 2 aromatic carbocycles. The third kappa shape index (κ3) is 3.52. The fraction of sp³-hybridized carbons (Fsp3) is 0.367. The first-order valence-corrected chi connectivity index (χ1v) is 12.8. The summed E-state index contributed by atoms with van der Waals surface area (Å²) in [4.78, 5) is 7.05. The average Bonchev–Trinajstić information content (AvgIpc) is 3.40. The van der Waals surface area contributed by atoms with E-state index in [2.05, 4.69) is 85.7 Å². The molecule has 182 valence electrons. The standard InChI is InChI=1S/C30H35N3O2/c1-6-32(7-2)22-16-17-25(28(19-22)34-9-4)30(24-14-12-18-31-26(24)20-35-30)29-21(5)33(8-3)27-15-11-10-13-23(27)29/h10-19H,6-9,20H2,1-5H3. The first kappa shape index (κ1) is 23.4. The van der Waals surface area contributed by atoms with Crippen molar-refractivity contribution in [3.63, 3.8) is 0 Å². The van der Waals surface area contributed by atoms with Crippen molar-refractivity contribution >= 4 is 16.6 Å². The van der Waals surface area contributed by atoms with Crippen molar-refractivity contribution in [2.24, 2.45) is 0 Å². The number of fused-ring (bicyclic) bond motifs is 2. The Labute approximate surface area is 208 Å². The van der Waals surface area contributed by atoms with Crippen LogP contribution in [0.25, 0.3) is 10.9 Å². The molecule has 5 heteroatoms. The van der Waals surface area contributed by atoms with Crippen LogP contribution >= 0.6 is 0 Å². The van der Waals surface area contributed by atoms with Gasteiger partial charge in [0, 0.05) is 70.9 Å². The third-order valence-corrected chi connectivity index (χ3v) is 7.37. The molecule has 0 radical (unpaired) electrons. The Morgan fingerprint density at radius 1 is 1.00 bits per heavy atom. The van der Waals surface area contributed by atoms with E-state index in [0.29, 0.717) is 13.2 Å². The maximum absolute atomic E-state index is 6.90. The van der Waals surface area contributed by atoms with E-state index in [1.54, 1.807) is 0 Å². The molecule has 0 saturated carbocycles. The van der Waals surface area contributed by atoms with E-state index >= 15 is 0 Å². The summed E-state index contributed by atoms with van der Waals surface area (Å²) >= 11 is 0. The van der Waals surface area contributed by atoms with Crippen molar-refractivity contribution in [3.05, 3.63) is 88.9 Å². The first-order chi connectivity index (χ1) is 17.1. The number of aromatic nitrogens is 2. The molecule has 0 saturated heterocycles. The van der Waals surface area contributed by atoms with Gasteiger partial charge in [-0.25, -0.2) is 0 Å². The minimum atomic E-state index is -0.806. The number of aryl methyl sites for hydroxylation is 1. The zero-order valence-corrected chi connectivity index (χ0v) is 21.5. The van der Waals surface area contributed by atoms with Crippen molar-refractivity contribution in [3.8, 4) is 5.75 Å². The van der Waals surface area contributed by atoms with Crippen LogP contribution in [-0.4, -0.2) is 29.2 Å². The summed E-state index contributed by atoms with van der Waals surface area (Å²) in [7, 11) is 0. The predicted octanol–water partition coefficient (Wildman–Crippen LogP) is 6.43. The highest BCUT2D eigenvalue weighted by Crippen LogP contribution is 2.53. The summed E-state index contributed by atoms with van der Waals surface area (Å²) < 4.78 is 15.6. The van der Waals surface area contributed by atoms with Gasteiger partial charge in [-0.2, -0.15) is 0 Å². The zero-order chi connectivity index (χ0) is 24.6. The second-order valence-electron chi connectivity index (χ2n) is 8.98. The number of para-hydroxylation sites is 1. The molecule has 0 spiro atoms. The van der Waals surface area contributed by atoms with Crippen molar-refractivity contribution in [1.82, 2.24) is 9.55 Å². The van der Waals surface area contributed by atoms with E-state index in [1.807, 2.05) is 19.2 Å². The van der Waals surface area contributed by atoms with Gasteiger partial charge in [-0.3, -0.25) is 4.98 Å². The van der Waals surface area contributed by atoms with Gasteiger partial charge in [0.2, 0.25) is 0 Å². The summed E-state index contributed by atoms with van der Waals surface area (Å²) in [6.07, 6.45) is 1.85. The Morgan fingerprint density at radius 2 is 1.80 bits per heavy atom. The highest BCUT2D eigenvalue weighted by Gasteiger charge is 2.49. The number of pyridine rings is 1. The smallest absolute Gasteiger partial charge is 0.152 e. The molecule has 1 aliphatic rings. The summed E-state index contributed by atoms with van der Waals surface area (Å²) in [6, 6.07) is 19.4. The normalized spacial score (nSPS) is 17.1. The number of hydrogen-bond acceptors (Lipinski definition) is 4. The number of nitrogens with zero attached hydrogens (tertiary/aromatic N) is 3. The number of benzene rings is 2. The van der Waals surface area contributed by atoms with Gasteiger partial charge in [0.05, 0.1) is 18.9 Å². The fourth-order valence-electron chi connectivity index (χ4n) is 5.84. The van der Waals surface area contributed by atoms with Crippen LogP contribution in [0.2, 0.25) is 0 Å². The Bertz CT molecular complexity index is 1360.